The maximum Gasteiger partial charge on any atom is 0.269 e. The van der Waals surface area contributed by atoms with Crippen LogP contribution in [0.1, 0.15) is 22.3 Å². The molecule has 0 aromatic heterocycles. The molecule has 0 unspecified atom stereocenters. The zero-order valence-corrected chi connectivity index (χ0v) is 19.3. The van der Waals surface area contributed by atoms with Crippen LogP contribution in [-0.4, -0.2) is 19.7 Å². The van der Waals surface area contributed by atoms with E-state index in [0.717, 1.165) is 0 Å². The van der Waals surface area contributed by atoms with Crippen molar-refractivity contribution in [1.82, 2.24) is 0 Å². The molecular weight excluding hydrogens is 496 g/mol. The maximum atomic E-state index is 11.2. The molecule has 12 nitrogen and oxygen atoms in total. The average Bonchev–Trinajstić information content (AvgIpc) is 2.92. The standard InChI is InChI=1S/C26H16N4O8/c31-27(32)21-9-1-17(2-10-21)25(18-3-11-22(12-4-18)28(33)34)26(19-5-13-23(14-6-19)29(35)36)20-7-15-24(16-8-20)30(37)38/h1-16H. The second kappa shape index (κ2) is 10.5. The summed E-state index contributed by atoms with van der Waals surface area (Å²) < 4.78 is 0. The van der Waals surface area contributed by atoms with Gasteiger partial charge in [-0.1, -0.05) is 0 Å². The molecule has 0 radical (unpaired) electrons. The van der Waals surface area contributed by atoms with E-state index in [4.69, 9.17) is 0 Å². The van der Waals surface area contributed by atoms with Crippen molar-refractivity contribution >= 4 is 33.9 Å². The summed E-state index contributed by atoms with van der Waals surface area (Å²) in [7, 11) is 0. The molecule has 0 aliphatic heterocycles. The van der Waals surface area contributed by atoms with Crippen molar-refractivity contribution in [2.24, 2.45) is 0 Å². The molecule has 4 aromatic carbocycles. The molecule has 4 rings (SSSR count). The van der Waals surface area contributed by atoms with Crippen molar-refractivity contribution < 1.29 is 19.7 Å². The Bertz CT molecular complexity index is 1340. The van der Waals surface area contributed by atoms with Crippen LogP contribution in [0.2, 0.25) is 0 Å². The first-order valence-corrected chi connectivity index (χ1v) is 10.9. The molecule has 0 heterocycles. The van der Waals surface area contributed by atoms with E-state index in [2.05, 4.69) is 0 Å². The number of nitro groups is 4. The van der Waals surface area contributed by atoms with Gasteiger partial charge in [-0.3, -0.25) is 40.5 Å². The van der Waals surface area contributed by atoms with Crippen molar-refractivity contribution in [2.45, 2.75) is 0 Å². The van der Waals surface area contributed by atoms with Crippen molar-refractivity contribution in [3.63, 3.8) is 0 Å². The molecule has 0 aliphatic carbocycles. The average molecular weight is 512 g/mol. The molecule has 0 fully saturated rings. The van der Waals surface area contributed by atoms with Crippen LogP contribution in [0.25, 0.3) is 11.1 Å². The lowest BCUT2D eigenvalue weighted by Gasteiger charge is -2.18. The third-order valence-corrected chi connectivity index (χ3v) is 5.72. The molecule has 0 N–H and O–H groups in total. The molecule has 0 aliphatic rings. The van der Waals surface area contributed by atoms with Gasteiger partial charge in [0.25, 0.3) is 22.7 Å². The third kappa shape index (κ3) is 5.23. The summed E-state index contributed by atoms with van der Waals surface area (Å²) in [5, 5.41) is 44.9. The zero-order valence-electron chi connectivity index (χ0n) is 19.3. The Labute approximate surface area is 213 Å². The number of rotatable bonds is 8. The summed E-state index contributed by atoms with van der Waals surface area (Å²) in [6, 6.07) is 22.6. The summed E-state index contributed by atoms with van der Waals surface area (Å²) in [6.07, 6.45) is 0. The fourth-order valence-electron chi connectivity index (χ4n) is 3.91. The summed E-state index contributed by atoms with van der Waals surface area (Å²) in [6.45, 7) is 0. The number of benzene rings is 4. The molecule has 0 spiro atoms. The first kappa shape index (κ1) is 25.3. The molecule has 4 aromatic rings. The molecule has 0 amide bonds. The van der Waals surface area contributed by atoms with E-state index in [1.165, 1.54) is 97.1 Å². The lowest BCUT2D eigenvalue weighted by molar-refractivity contribution is -0.385. The van der Waals surface area contributed by atoms with Crippen molar-refractivity contribution in [3.8, 4) is 0 Å². The van der Waals surface area contributed by atoms with Gasteiger partial charge in [0, 0.05) is 48.5 Å². The lowest BCUT2D eigenvalue weighted by Crippen LogP contribution is -1.99. The molecular formula is C26H16N4O8. The minimum atomic E-state index is -0.549. The summed E-state index contributed by atoms with van der Waals surface area (Å²) in [5.41, 5.74) is 2.44. The van der Waals surface area contributed by atoms with Gasteiger partial charge >= 0.3 is 0 Å². The van der Waals surface area contributed by atoms with Crippen LogP contribution in [0.15, 0.2) is 97.1 Å². The van der Waals surface area contributed by atoms with E-state index in [1.54, 1.807) is 0 Å². The molecule has 0 saturated heterocycles. The summed E-state index contributed by atoms with van der Waals surface area (Å²) >= 11 is 0. The molecule has 188 valence electrons. The van der Waals surface area contributed by atoms with E-state index >= 15 is 0 Å². The Kier molecular flexibility index (Phi) is 6.97. The van der Waals surface area contributed by atoms with Gasteiger partial charge in [0.2, 0.25) is 0 Å². The van der Waals surface area contributed by atoms with Gasteiger partial charge in [-0.2, -0.15) is 0 Å². The van der Waals surface area contributed by atoms with Crippen LogP contribution in [-0.2, 0) is 0 Å². The number of hydrogen-bond donors (Lipinski definition) is 0. The van der Waals surface area contributed by atoms with Crippen LogP contribution in [0.4, 0.5) is 22.7 Å². The normalized spacial score (nSPS) is 10.4. The van der Waals surface area contributed by atoms with Crippen LogP contribution in [0, 0.1) is 40.5 Å². The summed E-state index contributed by atoms with van der Waals surface area (Å²) in [4.78, 5) is 42.7. The lowest BCUT2D eigenvalue weighted by atomic mass is 9.85. The first-order valence-electron chi connectivity index (χ1n) is 10.9. The fraction of sp³-hybridized carbons (Fsp3) is 0. The number of nitrogens with zero attached hydrogens (tertiary/aromatic N) is 4. The van der Waals surface area contributed by atoms with Gasteiger partial charge in [-0.25, -0.2) is 0 Å². The molecule has 0 atom stereocenters. The highest BCUT2D eigenvalue weighted by atomic mass is 16.6. The van der Waals surface area contributed by atoms with Gasteiger partial charge in [0.15, 0.2) is 0 Å². The van der Waals surface area contributed by atoms with Gasteiger partial charge < -0.3 is 0 Å². The number of hydrogen-bond acceptors (Lipinski definition) is 8. The van der Waals surface area contributed by atoms with Gasteiger partial charge in [-0.15, -0.1) is 0 Å². The Morgan fingerprint density at radius 2 is 0.500 bits per heavy atom. The minimum absolute atomic E-state index is 0.149. The van der Waals surface area contributed by atoms with Gasteiger partial charge in [0.05, 0.1) is 19.7 Å². The minimum Gasteiger partial charge on any atom is -0.258 e. The highest BCUT2D eigenvalue weighted by Gasteiger charge is 2.20. The van der Waals surface area contributed by atoms with Gasteiger partial charge in [0.1, 0.15) is 0 Å². The predicted octanol–water partition coefficient (Wildman–Crippen LogP) is 6.33. The Balaban J connectivity index is 2.06. The monoisotopic (exact) mass is 512 g/mol. The molecule has 38 heavy (non-hydrogen) atoms. The van der Waals surface area contributed by atoms with E-state index in [-0.39, 0.29) is 22.7 Å². The SMILES string of the molecule is O=[N+]([O-])c1ccc(C(=C(c2ccc([N+](=O)[O-])cc2)c2ccc([N+](=O)[O-])cc2)c2ccc([N+](=O)[O-])cc2)cc1. The van der Waals surface area contributed by atoms with E-state index in [1.807, 2.05) is 0 Å². The number of nitro benzene ring substituents is 4. The molecule has 0 bridgehead atoms. The van der Waals surface area contributed by atoms with Crippen LogP contribution < -0.4 is 0 Å². The van der Waals surface area contributed by atoms with E-state index in [9.17, 15) is 40.5 Å². The smallest absolute Gasteiger partial charge is 0.258 e. The molecule has 0 saturated carbocycles. The quantitative estimate of drug-likeness (QED) is 0.150. The van der Waals surface area contributed by atoms with Crippen LogP contribution >= 0.6 is 0 Å². The second-order valence-electron chi connectivity index (χ2n) is 7.97. The topological polar surface area (TPSA) is 173 Å². The predicted molar refractivity (Wildman–Crippen MR) is 137 cm³/mol. The highest BCUT2D eigenvalue weighted by molar-refractivity contribution is 6.04. The van der Waals surface area contributed by atoms with Crippen molar-refractivity contribution in [1.29, 1.82) is 0 Å². The van der Waals surface area contributed by atoms with Crippen molar-refractivity contribution in [2.75, 3.05) is 0 Å². The first-order chi connectivity index (χ1) is 18.2. The van der Waals surface area contributed by atoms with Crippen LogP contribution in [0.5, 0.6) is 0 Å². The molecule has 12 heteroatoms. The number of non-ortho nitro benzene ring substituents is 4. The van der Waals surface area contributed by atoms with Crippen molar-refractivity contribution in [3.05, 3.63) is 160 Å². The summed E-state index contributed by atoms with van der Waals surface area (Å²) in [5.74, 6) is 0. The fourth-order valence-corrected chi connectivity index (χ4v) is 3.91. The van der Waals surface area contributed by atoms with Gasteiger partial charge in [-0.05, 0) is 81.9 Å². The van der Waals surface area contributed by atoms with Crippen LogP contribution in [0.3, 0.4) is 0 Å². The Hall–Kier alpha value is -5.78. The second-order valence-corrected chi connectivity index (χ2v) is 7.97. The zero-order chi connectivity index (χ0) is 27.4. The van der Waals surface area contributed by atoms with E-state index in [0.29, 0.717) is 33.4 Å². The highest BCUT2D eigenvalue weighted by Crippen LogP contribution is 2.38. The largest absolute Gasteiger partial charge is 0.269 e. The Morgan fingerprint density at radius 1 is 0.342 bits per heavy atom. The third-order valence-electron chi connectivity index (χ3n) is 5.72. The maximum absolute atomic E-state index is 11.2. The Morgan fingerprint density at radius 3 is 0.632 bits per heavy atom. The van der Waals surface area contributed by atoms with E-state index < -0.39 is 19.7 Å².